The van der Waals surface area contributed by atoms with Crippen LogP contribution < -0.4 is 5.32 Å². The Morgan fingerprint density at radius 1 is 0.929 bits per heavy atom. The minimum absolute atomic E-state index is 0.0160. The SMILES string of the molecule is CCN(CC)S(=O)(=O)N(CC(=O)NCc1ccccc1)Cc1ccc(F)cc1. The summed E-state index contributed by atoms with van der Waals surface area (Å²) in [5.41, 5.74) is 1.53. The second kappa shape index (κ2) is 10.3. The monoisotopic (exact) mass is 407 g/mol. The molecule has 2 rings (SSSR count). The lowest BCUT2D eigenvalue weighted by molar-refractivity contribution is -0.121. The normalized spacial score (nSPS) is 11.8. The highest BCUT2D eigenvalue weighted by Crippen LogP contribution is 2.14. The highest BCUT2D eigenvalue weighted by Gasteiger charge is 2.29. The maximum absolute atomic E-state index is 13.2. The van der Waals surface area contributed by atoms with E-state index in [4.69, 9.17) is 0 Å². The van der Waals surface area contributed by atoms with E-state index in [0.29, 0.717) is 25.2 Å². The second-order valence-corrected chi connectivity index (χ2v) is 8.18. The van der Waals surface area contributed by atoms with Crippen LogP contribution in [0, 0.1) is 5.82 Å². The minimum Gasteiger partial charge on any atom is -0.351 e. The van der Waals surface area contributed by atoms with E-state index in [-0.39, 0.29) is 13.1 Å². The Morgan fingerprint density at radius 3 is 2.11 bits per heavy atom. The lowest BCUT2D eigenvalue weighted by atomic mass is 10.2. The lowest BCUT2D eigenvalue weighted by Crippen LogP contribution is -2.47. The Hall–Kier alpha value is -2.29. The number of hydrogen-bond donors (Lipinski definition) is 1. The van der Waals surface area contributed by atoms with Gasteiger partial charge in [0.1, 0.15) is 5.82 Å². The number of benzene rings is 2. The third kappa shape index (κ3) is 6.12. The molecule has 2 aromatic rings. The van der Waals surface area contributed by atoms with Gasteiger partial charge in [-0.3, -0.25) is 4.79 Å². The molecule has 6 nitrogen and oxygen atoms in total. The molecule has 0 atom stereocenters. The van der Waals surface area contributed by atoms with E-state index >= 15 is 0 Å². The van der Waals surface area contributed by atoms with Gasteiger partial charge >= 0.3 is 0 Å². The van der Waals surface area contributed by atoms with E-state index in [9.17, 15) is 17.6 Å². The van der Waals surface area contributed by atoms with Gasteiger partial charge in [0, 0.05) is 26.2 Å². The molecule has 0 aliphatic carbocycles. The van der Waals surface area contributed by atoms with Gasteiger partial charge in [0.15, 0.2) is 0 Å². The Bertz CT molecular complexity index is 854. The fraction of sp³-hybridized carbons (Fsp3) is 0.350. The van der Waals surface area contributed by atoms with Crippen LogP contribution in [-0.2, 0) is 28.1 Å². The van der Waals surface area contributed by atoms with Crippen LogP contribution in [0.15, 0.2) is 54.6 Å². The quantitative estimate of drug-likeness (QED) is 0.658. The molecule has 0 heterocycles. The zero-order chi connectivity index (χ0) is 20.6. The molecule has 0 bridgehead atoms. The largest absolute Gasteiger partial charge is 0.351 e. The Kier molecular flexibility index (Phi) is 8.10. The maximum atomic E-state index is 13.2. The van der Waals surface area contributed by atoms with Crippen LogP contribution in [-0.4, -0.2) is 42.6 Å². The van der Waals surface area contributed by atoms with Crippen molar-refractivity contribution in [2.45, 2.75) is 26.9 Å². The molecule has 0 saturated heterocycles. The molecule has 0 aliphatic rings. The molecule has 0 fully saturated rings. The fourth-order valence-corrected chi connectivity index (χ4v) is 4.31. The van der Waals surface area contributed by atoms with E-state index in [1.807, 2.05) is 30.3 Å². The standard InChI is InChI=1S/C20H26FN3O3S/c1-3-23(4-2)28(26,27)24(15-18-10-12-19(21)13-11-18)16-20(25)22-14-17-8-6-5-7-9-17/h5-13H,3-4,14-16H2,1-2H3,(H,22,25). The highest BCUT2D eigenvalue weighted by atomic mass is 32.2. The summed E-state index contributed by atoms with van der Waals surface area (Å²) >= 11 is 0. The molecule has 0 aliphatic heterocycles. The molecule has 1 N–H and O–H groups in total. The number of hydrogen-bond acceptors (Lipinski definition) is 3. The first-order valence-corrected chi connectivity index (χ1v) is 10.6. The number of halogens is 1. The highest BCUT2D eigenvalue weighted by molar-refractivity contribution is 7.86. The third-order valence-corrected chi connectivity index (χ3v) is 6.36. The second-order valence-electron chi connectivity index (χ2n) is 6.25. The summed E-state index contributed by atoms with van der Waals surface area (Å²) in [6.45, 7) is 4.06. The Balaban J connectivity index is 2.14. The van der Waals surface area contributed by atoms with Crippen molar-refractivity contribution in [1.82, 2.24) is 13.9 Å². The van der Waals surface area contributed by atoms with E-state index in [0.717, 1.165) is 9.87 Å². The number of carbonyl (C=O) groups excluding carboxylic acids is 1. The fourth-order valence-electron chi connectivity index (χ4n) is 2.74. The first kappa shape index (κ1) is 22.0. The molecular weight excluding hydrogens is 381 g/mol. The van der Waals surface area contributed by atoms with Crippen molar-refractivity contribution in [3.8, 4) is 0 Å². The summed E-state index contributed by atoms with van der Waals surface area (Å²) in [6, 6.07) is 14.9. The first-order chi connectivity index (χ1) is 13.4. The first-order valence-electron chi connectivity index (χ1n) is 9.17. The van der Waals surface area contributed by atoms with Crippen molar-refractivity contribution < 1.29 is 17.6 Å². The average molecular weight is 408 g/mol. The molecule has 152 valence electrons. The number of carbonyl (C=O) groups is 1. The number of rotatable bonds is 10. The van der Waals surface area contributed by atoms with Gasteiger partial charge in [-0.2, -0.15) is 17.0 Å². The van der Waals surface area contributed by atoms with E-state index in [1.165, 1.54) is 28.6 Å². The van der Waals surface area contributed by atoms with Crippen LogP contribution in [0.1, 0.15) is 25.0 Å². The molecular formula is C20H26FN3O3S. The van der Waals surface area contributed by atoms with Crippen LogP contribution in [0.4, 0.5) is 4.39 Å². The van der Waals surface area contributed by atoms with Crippen LogP contribution in [0.2, 0.25) is 0 Å². The summed E-state index contributed by atoms with van der Waals surface area (Å²) < 4.78 is 41.5. The molecule has 2 aromatic carbocycles. The molecule has 0 radical (unpaired) electrons. The van der Waals surface area contributed by atoms with Crippen LogP contribution in [0.3, 0.4) is 0 Å². The summed E-state index contributed by atoms with van der Waals surface area (Å²) in [5, 5.41) is 2.75. The van der Waals surface area contributed by atoms with Crippen molar-refractivity contribution in [2.24, 2.45) is 0 Å². The van der Waals surface area contributed by atoms with Crippen LogP contribution >= 0.6 is 0 Å². The Labute approximate surface area is 166 Å². The van der Waals surface area contributed by atoms with Crippen molar-refractivity contribution >= 4 is 16.1 Å². The van der Waals surface area contributed by atoms with Gasteiger partial charge < -0.3 is 5.32 Å². The van der Waals surface area contributed by atoms with Crippen molar-refractivity contribution in [1.29, 1.82) is 0 Å². The van der Waals surface area contributed by atoms with Crippen molar-refractivity contribution in [3.63, 3.8) is 0 Å². The minimum atomic E-state index is -3.84. The van der Waals surface area contributed by atoms with Gasteiger partial charge in [0.05, 0.1) is 6.54 Å². The average Bonchev–Trinajstić information content (AvgIpc) is 2.69. The predicted octanol–water partition coefficient (Wildman–Crippen LogP) is 2.53. The maximum Gasteiger partial charge on any atom is 0.282 e. The van der Waals surface area contributed by atoms with E-state index < -0.39 is 21.9 Å². The third-order valence-electron chi connectivity index (χ3n) is 4.28. The zero-order valence-corrected chi connectivity index (χ0v) is 17.0. The summed E-state index contributed by atoms with van der Waals surface area (Å²) in [5.74, 6) is -0.802. The van der Waals surface area contributed by atoms with Gasteiger partial charge in [-0.25, -0.2) is 4.39 Å². The molecule has 0 spiro atoms. The molecule has 0 unspecified atom stereocenters. The van der Waals surface area contributed by atoms with Crippen molar-refractivity contribution in [2.75, 3.05) is 19.6 Å². The predicted molar refractivity (Wildman–Crippen MR) is 107 cm³/mol. The van der Waals surface area contributed by atoms with Gasteiger partial charge in [-0.1, -0.05) is 56.3 Å². The number of nitrogens with zero attached hydrogens (tertiary/aromatic N) is 2. The van der Waals surface area contributed by atoms with Gasteiger partial charge in [-0.05, 0) is 23.3 Å². The number of nitrogens with one attached hydrogen (secondary N) is 1. The van der Waals surface area contributed by atoms with Crippen molar-refractivity contribution in [3.05, 3.63) is 71.5 Å². The van der Waals surface area contributed by atoms with Crippen LogP contribution in [0.25, 0.3) is 0 Å². The van der Waals surface area contributed by atoms with Gasteiger partial charge in [0.2, 0.25) is 5.91 Å². The molecule has 8 heteroatoms. The molecule has 0 aromatic heterocycles. The lowest BCUT2D eigenvalue weighted by Gasteiger charge is -2.28. The zero-order valence-electron chi connectivity index (χ0n) is 16.1. The molecule has 1 amide bonds. The van der Waals surface area contributed by atoms with Gasteiger partial charge in [-0.15, -0.1) is 0 Å². The molecule has 28 heavy (non-hydrogen) atoms. The van der Waals surface area contributed by atoms with E-state index in [2.05, 4.69) is 5.32 Å². The van der Waals surface area contributed by atoms with E-state index in [1.54, 1.807) is 13.8 Å². The molecule has 0 saturated carbocycles. The van der Waals surface area contributed by atoms with Crippen LogP contribution in [0.5, 0.6) is 0 Å². The topological polar surface area (TPSA) is 69.7 Å². The summed E-state index contributed by atoms with van der Waals surface area (Å²) in [7, 11) is -3.84. The van der Waals surface area contributed by atoms with Gasteiger partial charge in [0.25, 0.3) is 10.2 Å². The smallest absolute Gasteiger partial charge is 0.282 e. The summed E-state index contributed by atoms with van der Waals surface area (Å²) in [6.07, 6.45) is 0. The Morgan fingerprint density at radius 2 is 1.54 bits per heavy atom. The summed E-state index contributed by atoms with van der Waals surface area (Å²) in [4.78, 5) is 12.4. The number of amides is 1.